The average molecular weight is 296 g/mol. The van der Waals surface area contributed by atoms with Crippen LogP contribution in [0.2, 0.25) is 0 Å². The molecule has 20 heavy (non-hydrogen) atoms. The van der Waals surface area contributed by atoms with Crippen LogP contribution < -0.4 is 5.32 Å². The fraction of sp³-hybridized carbons (Fsp3) is 0.643. The minimum atomic E-state index is -1.09. The van der Waals surface area contributed by atoms with Gasteiger partial charge in [-0.1, -0.05) is 6.92 Å². The summed E-state index contributed by atoms with van der Waals surface area (Å²) in [6.07, 6.45) is 2.83. The number of aromatic nitrogens is 1. The molecule has 0 aliphatic heterocycles. The number of carbonyl (C=O) groups excluding carboxylic acids is 1. The van der Waals surface area contributed by atoms with E-state index < -0.39 is 11.5 Å². The number of nitrogens with one attached hydrogen (secondary N) is 1. The lowest BCUT2D eigenvalue weighted by molar-refractivity contribution is -0.149. The minimum absolute atomic E-state index is 0.148. The monoisotopic (exact) mass is 296 g/mol. The van der Waals surface area contributed by atoms with E-state index in [1.54, 1.807) is 0 Å². The molecule has 1 heterocycles. The molecular weight excluding hydrogens is 276 g/mol. The highest BCUT2D eigenvalue weighted by atomic mass is 32.1. The Labute approximate surface area is 122 Å². The highest BCUT2D eigenvalue weighted by Gasteiger charge is 2.42. The molecule has 1 fully saturated rings. The number of hydrogen-bond donors (Lipinski definition) is 2. The molecule has 0 atom stereocenters. The first-order valence-corrected chi connectivity index (χ1v) is 7.75. The molecule has 0 saturated heterocycles. The lowest BCUT2D eigenvalue weighted by atomic mass is 9.77. The molecule has 0 unspecified atom stereocenters. The van der Waals surface area contributed by atoms with Crippen LogP contribution in [0.5, 0.6) is 0 Å². The summed E-state index contributed by atoms with van der Waals surface area (Å²) in [5.41, 5.74) is -0.385. The number of thiazole rings is 1. The third kappa shape index (κ3) is 3.36. The van der Waals surface area contributed by atoms with Crippen molar-refractivity contribution in [2.24, 2.45) is 5.92 Å². The Kier molecular flexibility index (Phi) is 4.42. The van der Waals surface area contributed by atoms with Crippen molar-refractivity contribution < 1.29 is 14.7 Å². The highest BCUT2D eigenvalue weighted by Crippen LogP contribution is 2.32. The van der Waals surface area contributed by atoms with Gasteiger partial charge in [0, 0.05) is 5.38 Å². The third-order valence-electron chi connectivity index (χ3n) is 3.92. The summed E-state index contributed by atoms with van der Waals surface area (Å²) in [6.45, 7) is 4.00. The summed E-state index contributed by atoms with van der Waals surface area (Å²) < 4.78 is 0. The maximum absolute atomic E-state index is 12.1. The van der Waals surface area contributed by atoms with Crippen molar-refractivity contribution in [1.29, 1.82) is 0 Å². The Bertz CT molecular complexity index is 504. The van der Waals surface area contributed by atoms with Gasteiger partial charge in [0.25, 0.3) is 0 Å². The molecule has 0 radical (unpaired) electrons. The molecule has 1 aromatic heterocycles. The van der Waals surface area contributed by atoms with Crippen molar-refractivity contribution in [3.8, 4) is 0 Å². The maximum Gasteiger partial charge on any atom is 0.329 e. The quantitative estimate of drug-likeness (QED) is 0.892. The SMILES string of the molecule is Cc1nc(CC(=O)NC2(C(=O)O)CCC(C)CC2)cs1. The lowest BCUT2D eigenvalue weighted by Crippen LogP contribution is -2.56. The van der Waals surface area contributed by atoms with E-state index in [2.05, 4.69) is 17.2 Å². The molecule has 1 aromatic rings. The van der Waals surface area contributed by atoms with Crippen LogP contribution in [-0.4, -0.2) is 27.5 Å². The van der Waals surface area contributed by atoms with Gasteiger partial charge < -0.3 is 10.4 Å². The van der Waals surface area contributed by atoms with Gasteiger partial charge in [0.2, 0.25) is 5.91 Å². The van der Waals surface area contributed by atoms with Crippen LogP contribution in [-0.2, 0) is 16.0 Å². The van der Waals surface area contributed by atoms with Crippen molar-refractivity contribution in [2.75, 3.05) is 0 Å². The van der Waals surface area contributed by atoms with Crippen LogP contribution in [0.1, 0.15) is 43.3 Å². The summed E-state index contributed by atoms with van der Waals surface area (Å²) in [5.74, 6) is -0.653. The molecule has 1 saturated carbocycles. The van der Waals surface area contributed by atoms with Gasteiger partial charge in [0.05, 0.1) is 17.1 Å². The Morgan fingerprint density at radius 1 is 1.50 bits per heavy atom. The van der Waals surface area contributed by atoms with Crippen molar-refractivity contribution in [3.63, 3.8) is 0 Å². The standard InChI is InChI=1S/C14H20N2O3S/c1-9-3-5-14(6-4-9,13(18)19)16-12(17)7-11-8-20-10(2)15-11/h8-9H,3-7H2,1-2H3,(H,16,17)(H,18,19). The molecular formula is C14H20N2O3S. The lowest BCUT2D eigenvalue weighted by Gasteiger charge is -2.36. The minimum Gasteiger partial charge on any atom is -0.480 e. The Hall–Kier alpha value is -1.43. The molecule has 0 bridgehead atoms. The number of carbonyl (C=O) groups is 2. The van der Waals surface area contributed by atoms with Crippen molar-refractivity contribution in [2.45, 2.75) is 51.5 Å². The Morgan fingerprint density at radius 3 is 2.65 bits per heavy atom. The number of nitrogens with zero attached hydrogens (tertiary/aromatic N) is 1. The highest BCUT2D eigenvalue weighted by molar-refractivity contribution is 7.09. The Balaban J connectivity index is 2.01. The largest absolute Gasteiger partial charge is 0.480 e. The van der Waals surface area contributed by atoms with E-state index in [1.165, 1.54) is 11.3 Å². The summed E-state index contributed by atoms with van der Waals surface area (Å²) in [7, 11) is 0. The molecule has 0 spiro atoms. The number of hydrogen-bond acceptors (Lipinski definition) is 4. The number of rotatable bonds is 4. The number of aliphatic carboxylic acids is 1. The molecule has 6 heteroatoms. The van der Waals surface area contributed by atoms with E-state index in [9.17, 15) is 14.7 Å². The summed E-state index contributed by atoms with van der Waals surface area (Å²) >= 11 is 1.49. The first-order valence-electron chi connectivity index (χ1n) is 6.87. The van der Waals surface area contributed by atoms with Crippen LogP contribution in [0, 0.1) is 12.8 Å². The summed E-state index contributed by atoms with van der Waals surface area (Å²) in [6, 6.07) is 0. The molecule has 2 rings (SSSR count). The second-order valence-electron chi connectivity index (χ2n) is 5.65. The van der Waals surface area contributed by atoms with E-state index in [0.29, 0.717) is 24.5 Å². The van der Waals surface area contributed by atoms with Crippen LogP contribution in [0.4, 0.5) is 0 Å². The van der Waals surface area contributed by atoms with Crippen molar-refractivity contribution in [3.05, 3.63) is 16.1 Å². The zero-order valence-corrected chi connectivity index (χ0v) is 12.6. The number of carboxylic acids is 1. The zero-order valence-electron chi connectivity index (χ0n) is 11.8. The van der Waals surface area contributed by atoms with Gasteiger partial charge in [-0.25, -0.2) is 9.78 Å². The van der Waals surface area contributed by atoms with Gasteiger partial charge in [-0.3, -0.25) is 4.79 Å². The summed E-state index contributed by atoms with van der Waals surface area (Å²) in [5, 5.41) is 15.0. The second kappa shape index (κ2) is 5.91. The number of aryl methyl sites for hydroxylation is 1. The van der Waals surface area contributed by atoms with Gasteiger partial charge in [-0.15, -0.1) is 11.3 Å². The molecule has 5 nitrogen and oxygen atoms in total. The van der Waals surface area contributed by atoms with Crippen LogP contribution >= 0.6 is 11.3 Å². The molecule has 110 valence electrons. The van der Waals surface area contributed by atoms with Crippen molar-refractivity contribution >= 4 is 23.2 Å². The number of amides is 1. The van der Waals surface area contributed by atoms with Crippen LogP contribution in [0.25, 0.3) is 0 Å². The van der Waals surface area contributed by atoms with Gasteiger partial charge in [-0.2, -0.15) is 0 Å². The van der Waals surface area contributed by atoms with E-state index in [-0.39, 0.29) is 12.3 Å². The van der Waals surface area contributed by atoms with E-state index in [0.717, 1.165) is 17.8 Å². The van der Waals surface area contributed by atoms with Gasteiger partial charge in [0.15, 0.2) is 0 Å². The average Bonchev–Trinajstić information content (AvgIpc) is 2.77. The fourth-order valence-electron chi connectivity index (χ4n) is 2.61. The van der Waals surface area contributed by atoms with Gasteiger partial charge >= 0.3 is 5.97 Å². The second-order valence-corrected chi connectivity index (χ2v) is 6.71. The summed E-state index contributed by atoms with van der Waals surface area (Å²) in [4.78, 5) is 27.9. The smallest absolute Gasteiger partial charge is 0.329 e. The third-order valence-corrected chi connectivity index (χ3v) is 4.75. The topological polar surface area (TPSA) is 79.3 Å². The molecule has 1 amide bonds. The fourth-order valence-corrected chi connectivity index (χ4v) is 3.22. The van der Waals surface area contributed by atoms with E-state index in [4.69, 9.17) is 0 Å². The molecule has 2 N–H and O–H groups in total. The van der Waals surface area contributed by atoms with Crippen LogP contribution in [0.3, 0.4) is 0 Å². The van der Waals surface area contributed by atoms with Gasteiger partial charge in [0.1, 0.15) is 5.54 Å². The van der Waals surface area contributed by atoms with Gasteiger partial charge in [-0.05, 0) is 38.5 Å². The first-order chi connectivity index (χ1) is 9.41. The first kappa shape index (κ1) is 15.0. The zero-order chi connectivity index (χ0) is 14.8. The van der Waals surface area contributed by atoms with E-state index >= 15 is 0 Å². The molecule has 1 aliphatic rings. The van der Waals surface area contributed by atoms with Crippen molar-refractivity contribution in [1.82, 2.24) is 10.3 Å². The normalized spacial score (nSPS) is 26.2. The molecule has 1 aliphatic carbocycles. The number of carboxylic acid groups (broad SMARTS) is 1. The molecule has 0 aromatic carbocycles. The predicted molar refractivity (Wildman–Crippen MR) is 76.7 cm³/mol. The van der Waals surface area contributed by atoms with Crippen LogP contribution in [0.15, 0.2) is 5.38 Å². The predicted octanol–water partition coefficient (Wildman–Crippen LogP) is 2.14. The van der Waals surface area contributed by atoms with E-state index in [1.807, 2.05) is 12.3 Å². The maximum atomic E-state index is 12.1. The Morgan fingerprint density at radius 2 is 2.15 bits per heavy atom.